The van der Waals surface area contributed by atoms with E-state index in [0.29, 0.717) is 15.6 Å². The quantitative estimate of drug-likeness (QED) is 0.797. The van der Waals surface area contributed by atoms with Crippen LogP contribution in [-0.4, -0.2) is 24.2 Å². The van der Waals surface area contributed by atoms with Gasteiger partial charge in [0.1, 0.15) is 4.88 Å². The summed E-state index contributed by atoms with van der Waals surface area (Å²) in [7, 11) is 0. The van der Waals surface area contributed by atoms with E-state index in [1.807, 2.05) is 0 Å². The fourth-order valence-electron chi connectivity index (χ4n) is 1.51. The summed E-state index contributed by atoms with van der Waals surface area (Å²) in [5.74, 6) is -0.270. The van der Waals surface area contributed by atoms with Gasteiger partial charge in [0.25, 0.3) is 5.91 Å². The monoisotopic (exact) mass is 270 g/mol. The van der Waals surface area contributed by atoms with E-state index < -0.39 is 0 Å². The van der Waals surface area contributed by atoms with Crippen LogP contribution in [0.25, 0.3) is 10.1 Å². The molecule has 4 nitrogen and oxygen atoms in total. The third-order valence-corrected chi connectivity index (χ3v) is 3.70. The van der Waals surface area contributed by atoms with Crippen LogP contribution in [0.15, 0.2) is 18.2 Å². The minimum Gasteiger partial charge on any atom is -0.397 e. The smallest absolute Gasteiger partial charge is 0.263 e. The molecule has 0 atom stereocenters. The fourth-order valence-corrected chi connectivity index (χ4v) is 2.82. The molecule has 1 aromatic carbocycles. The van der Waals surface area contributed by atoms with Crippen molar-refractivity contribution < 1.29 is 9.90 Å². The molecule has 17 heavy (non-hydrogen) atoms. The largest absolute Gasteiger partial charge is 0.397 e. The third kappa shape index (κ3) is 2.36. The highest BCUT2D eigenvalue weighted by Crippen LogP contribution is 2.34. The highest BCUT2D eigenvalue weighted by atomic mass is 35.5. The molecule has 2 aromatic rings. The number of nitrogens with two attached hydrogens (primary N) is 1. The Morgan fingerprint density at radius 2 is 2.29 bits per heavy atom. The summed E-state index contributed by atoms with van der Waals surface area (Å²) in [4.78, 5) is 12.2. The predicted octanol–water partition coefficient (Wildman–Crippen LogP) is 1.86. The Kier molecular flexibility index (Phi) is 3.51. The van der Waals surface area contributed by atoms with Crippen molar-refractivity contribution in [2.24, 2.45) is 0 Å². The molecular weight excluding hydrogens is 260 g/mol. The highest BCUT2D eigenvalue weighted by Gasteiger charge is 2.15. The Morgan fingerprint density at radius 3 is 3.00 bits per heavy atom. The molecular formula is C11H11ClN2O2S. The molecule has 6 heteroatoms. The molecule has 0 spiro atoms. The van der Waals surface area contributed by atoms with E-state index in [2.05, 4.69) is 5.32 Å². The van der Waals surface area contributed by atoms with Gasteiger partial charge in [-0.15, -0.1) is 11.3 Å². The Balaban J connectivity index is 2.41. The zero-order valence-corrected chi connectivity index (χ0v) is 10.4. The van der Waals surface area contributed by atoms with Gasteiger partial charge in [-0.3, -0.25) is 4.79 Å². The SMILES string of the molecule is Nc1c(C(=O)NCCO)sc2cc(Cl)ccc12. The van der Waals surface area contributed by atoms with Crippen LogP contribution in [0.3, 0.4) is 0 Å². The van der Waals surface area contributed by atoms with Gasteiger partial charge >= 0.3 is 0 Å². The van der Waals surface area contributed by atoms with E-state index in [0.717, 1.165) is 10.1 Å². The maximum atomic E-state index is 11.8. The van der Waals surface area contributed by atoms with E-state index in [9.17, 15) is 4.79 Å². The number of amides is 1. The molecule has 1 amide bonds. The number of aliphatic hydroxyl groups is 1. The molecule has 0 aliphatic heterocycles. The van der Waals surface area contributed by atoms with Crippen molar-refractivity contribution in [2.45, 2.75) is 0 Å². The van der Waals surface area contributed by atoms with Crippen LogP contribution in [0.1, 0.15) is 9.67 Å². The van der Waals surface area contributed by atoms with Gasteiger partial charge in [0.05, 0.1) is 12.3 Å². The first-order valence-electron chi connectivity index (χ1n) is 5.00. The molecule has 4 N–H and O–H groups in total. The lowest BCUT2D eigenvalue weighted by atomic mass is 10.2. The van der Waals surface area contributed by atoms with Crippen molar-refractivity contribution in [3.8, 4) is 0 Å². The number of hydrogen-bond acceptors (Lipinski definition) is 4. The first-order valence-corrected chi connectivity index (χ1v) is 6.19. The standard InChI is InChI=1S/C11H11ClN2O2S/c12-6-1-2-7-8(5-6)17-10(9(7)13)11(16)14-3-4-15/h1-2,5,15H,3-4,13H2,(H,14,16). The van der Waals surface area contributed by atoms with Crippen LogP contribution in [-0.2, 0) is 0 Å². The zero-order chi connectivity index (χ0) is 12.4. The summed E-state index contributed by atoms with van der Waals surface area (Å²) in [6, 6.07) is 5.31. The predicted molar refractivity (Wildman–Crippen MR) is 70.7 cm³/mol. The molecule has 1 heterocycles. The number of nitrogens with one attached hydrogen (secondary N) is 1. The van der Waals surface area contributed by atoms with Gasteiger partial charge in [-0.25, -0.2) is 0 Å². The Labute approximate surface area is 107 Å². The summed E-state index contributed by atoms with van der Waals surface area (Å²) >= 11 is 7.17. The van der Waals surface area contributed by atoms with E-state index in [4.69, 9.17) is 22.4 Å². The van der Waals surface area contributed by atoms with Crippen molar-refractivity contribution in [2.75, 3.05) is 18.9 Å². The van der Waals surface area contributed by atoms with E-state index in [1.54, 1.807) is 18.2 Å². The van der Waals surface area contributed by atoms with Crippen LogP contribution in [0, 0.1) is 0 Å². The summed E-state index contributed by atoms with van der Waals surface area (Å²) in [5.41, 5.74) is 6.36. The number of benzene rings is 1. The number of carbonyl (C=O) groups excluding carboxylic acids is 1. The third-order valence-electron chi connectivity index (χ3n) is 2.29. The van der Waals surface area contributed by atoms with E-state index >= 15 is 0 Å². The molecule has 0 bridgehead atoms. The maximum absolute atomic E-state index is 11.8. The van der Waals surface area contributed by atoms with Gasteiger partial charge in [0.15, 0.2) is 0 Å². The second-order valence-electron chi connectivity index (χ2n) is 3.46. The molecule has 1 aromatic heterocycles. The summed E-state index contributed by atoms with van der Waals surface area (Å²) in [6.07, 6.45) is 0. The number of thiophene rings is 1. The number of hydrogen-bond donors (Lipinski definition) is 3. The lowest BCUT2D eigenvalue weighted by Crippen LogP contribution is -2.26. The van der Waals surface area contributed by atoms with Gasteiger partial charge in [0, 0.05) is 21.7 Å². The highest BCUT2D eigenvalue weighted by molar-refractivity contribution is 7.21. The Morgan fingerprint density at radius 1 is 1.53 bits per heavy atom. The average molecular weight is 271 g/mol. The van der Waals surface area contributed by atoms with Crippen LogP contribution >= 0.6 is 22.9 Å². The molecule has 0 fully saturated rings. The summed E-state index contributed by atoms with van der Waals surface area (Å²) < 4.78 is 0.879. The lowest BCUT2D eigenvalue weighted by molar-refractivity contribution is 0.0949. The Bertz CT molecular complexity index is 568. The first-order chi connectivity index (χ1) is 8.13. The van der Waals surface area contributed by atoms with Crippen LogP contribution in [0.4, 0.5) is 5.69 Å². The number of halogens is 1. The average Bonchev–Trinajstić information content (AvgIpc) is 2.63. The molecule has 90 valence electrons. The van der Waals surface area contributed by atoms with Gasteiger partial charge in [-0.2, -0.15) is 0 Å². The van der Waals surface area contributed by atoms with Crippen LogP contribution < -0.4 is 11.1 Å². The topological polar surface area (TPSA) is 75.4 Å². The van der Waals surface area contributed by atoms with Crippen molar-refractivity contribution in [3.05, 3.63) is 28.1 Å². The minimum absolute atomic E-state index is 0.0949. The molecule has 0 unspecified atom stereocenters. The second kappa shape index (κ2) is 4.91. The van der Waals surface area contributed by atoms with Crippen LogP contribution in [0.5, 0.6) is 0 Å². The number of aliphatic hydroxyl groups excluding tert-OH is 1. The maximum Gasteiger partial charge on any atom is 0.263 e. The molecule has 0 aliphatic rings. The fraction of sp³-hybridized carbons (Fsp3) is 0.182. The lowest BCUT2D eigenvalue weighted by Gasteiger charge is -2.01. The van der Waals surface area contributed by atoms with Gasteiger partial charge in [0.2, 0.25) is 0 Å². The van der Waals surface area contributed by atoms with Crippen molar-refractivity contribution in [3.63, 3.8) is 0 Å². The number of anilines is 1. The normalized spacial score (nSPS) is 10.7. The summed E-state index contributed by atoms with van der Waals surface area (Å²) in [5, 5.41) is 12.7. The first kappa shape index (κ1) is 12.2. The van der Waals surface area contributed by atoms with Crippen LogP contribution in [0.2, 0.25) is 5.02 Å². The molecule has 0 aliphatic carbocycles. The van der Waals surface area contributed by atoms with Crippen molar-refractivity contribution >= 4 is 44.6 Å². The summed E-state index contributed by atoms with van der Waals surface area (Å²) in [6.45, 7) is 0.121. The second-order valence-corrected chi connectivity index (χ2v) is 4.95. The number of carbonyl (C=O) groups is 1. The number of fused-ring (bicyclic) bond motifs is 1. The van der Waals surface area contributed by atoms with E-state index in [-0.39, 0.29) is 19.1 Å². The number of rotatable bonds is 3. The molecule has 2 rings (SSSR count). The molecule has 0 saturated carbocycles. The van der Waals surface area contributed by atoms with Gasteiger partial charge < -0.3 is 16.2 Å². The van der Waals surface area contributed by atoms with Gasteiger partial charge in [-0.1, -0.05) is 11.6 Å². The minimum atomic E-state index is -0.270. The van der Waals surface area contributed by atoms with Crippen molar-refractivity contribution in [1.82, 2.24) is 5.32 Å². The molecule has 0 saturated heterocycles. The molecule has 0 radical (unpaired) electrons. The number of nitrogen functional groups attached to an aromatic ring is 1. The van der Waals surface area contributed by atoms with E-state index in [1.165, 1.54) is 11.3 Å². The van der Waals surface area contributed by atoms with Gasteiger partial charge in [-0.05, 0) is 18.2 Å². The Hall–Kier alpha value is -1.30. The van der Waals surface area contributed by atoms with Crippen molar-refractivity contribution in [1.29, 1.82) is 0 Å². The zero-order valence-electron chi connectivity index (χ0n) is 8.87.